The average molecular weight is 577 g/mol. The summed E-state index contributed by atoms with van der Waals surface area (Å²) in [6.45, 7) is 0.513. The highest BCUT2D eigenvalue weighted by molar-refractivity contribution is 6.30. The molecule has 5 unspecified atom stereocenters. The van der Waals surface area contributed by atoms with Crippen LogP contribution in [-0.2, 0) is 27.4 Å². The summed E-state index contributed by atoms with van der Waals surface area (Å²) >= 11 is 6.15. The number of halogens is 2. The summed E-state index contributed by atoms with van der Waals surface area (Å²) in [7, 11) is 1.66. The van der Waals surface area contributed by atoms with Crippen LogP contribution in [-0.4, -0.2) is 47.2 Å². The molecule has 2 fully saturated rings. The van der Waals surface area contributed by atoms with Crippen LogP contribution in [0, 0.1) is 22.6 Å². The Morgan fingerprint density at radius 1 is 1.15 bits per heavy atom. The molecule has 1 saturated carbocycles. The van der Waals surface area contributed by atoms with Crippen LogP contribution in [0.15, 0.2) is 84.5 Å². The van der Waals surface area contributed by atoms with Crippen molar-refractivity contribution in [3.8, 4) is 0 Å². The van der Waals surface area contributed by atoms with Crippen molar-refractivity contribution in [1.82, 2.24) is 10.2 Å². The number of piperidine rings is 1. The van der Waals surface area contributed by atoms with E-state index in [1.54, 1.807) is 31.4 Å². The van der Waals surface area contributed by atoms with Gasteiger partial charge in [0.15, 0.2) is 0 Å². The first-order valence-electron chi connectivity index (χ1n) is 14.1. The largest absolute Gasteiger partial charge is 0.393 e. The van der Waals surface area contributed by atoms with E-state index in [1.807, 2.05) is 35.3 Å². The Hall–Kier alpha value is -3.26. The number of carbonyl (C=O) groups is 2. The van der Waals surface area contributed by atoms with E-state index in [-0.39, 0.29) is 36.7 Å². The quantitative estimate of drug-likeness (QED) is 0.501. The predicted molar refractivity (Wildman–Crippen MR) is 154 cm³/mol. The highest BCUT2D eigenvalue weighted by atomic mass is 35.5. The zero-order valence-electron chi connectivity index (χ0n) is 22.9. The van der Waals surface area contributed by atoms with E-state index in [0.29, 0.717) is 30.8 Å². The van der Waals surface area contributed by atoms with Gasteiger partial charge < -0.3 is 20.1 Å². The number of aliphatic hydroxyl groups is 1. The Kier molecular flexibility index (Phi) is 7.39. The van der Waals surface area contributed by atoms with Crippen LogP contribution in [0.3, 0.4) is 0 Å². The van der Waals surface area contributed by atoms with E-state index in [2.05, 4.69) is 17.5 Å². The number of nitrogens with one attached hydrogen (secondary N) is 1. The number of amides is 2. The minimum atomic E-state index is -1.09. The number of aliphatic hydroxyl groups excluding tert-OH is 1. The summed E-state index contributed by atoms with van der Waals surface area (Å²) in [6.07, 6.45) is 10.8. The highest BCUT2D eigenvalue weighted by Gasteiger charge is 2.65. The molecule has 1 saturated heterocycles. The molecular weight excluding hydrogens is 543 g/mol. The van der Waals surface area contributed by atoms with Crippen molar-refractivity contribution in [2.24, 2.45) is 16.7 Å². The second kappa shape index (κ2) is 10.9. The zero-order chi connectivity index (χ0) is 28.8. The molecule has 2 amide bonds. The van der Waals surface area contributed by atoms with Crippen LogP contribution >= 0.6 is 11.6 Å². The molecule has 0 aromatic heterocycles. The zero-order valence-corrected chi connectivity index (χ0v) is 23.7. The van der Waals surface area contributed by atoms with Crippen LogP contribution in [0.5, 0.6) is 0 Å². The van der Waals surface area contributed by atoms with Crippen LogP contribution < -0.4 is 5.32 Å². The van der Waals surface area contributed by atoms with Crippen molar-refractivity contribution in [2.75, 3.05) is 7.11 Å². The Bertz CT molecular complexity index is 1420. The van der Waals surface area contributed by atoms with Gasteiger partial charge in [-0.3, -0.25) is 9.59 Å². The first-order chi connectivity index (χ1) is 19.8. The van der Waals surface area contributed by atoms with Crippen molar-refractivity contribution < 1.29 is 23.8 Å². The molecule has 1 heterocycles. The summed E-state index contributed by atoms with van der Waals surface area (Å²) in [5, 5.41) is 15.5. The number of carbonyl (C=O) groups excluding carboxylic acids is 2. The summed E-state index contributed by atoms with van der Waals surface area (Å²) in [4.78, 5) is 30.1. The van der Waals surface area contributed by atoms with Crippen LogP contribution in [0.25, 0.3) is 0 Å². The number of allylic oxidation sites excluding steroid dienone is 5. The molecule has 2 aromatic rings. The Morgan fingerprint density at radius 2 is 1.88 bits per heavy atom. The molecule has 0 radical (unpaired) electrons. The molecule has 6 rings (SSSR count). The second-order valence-corrected chi connectivity index (χ2v) is 12.1. The van der Waals surface area contributed by atoms with Gasteiger partial charge in [-0.2, -0.15) is 0 Å². The number of hydrogen-bond donors (Lipinski definition) is 2. The lowest BCUT2D eigenvalue weighted by Gasteiger charge is -2.61. The fourth-order valence-electron chi connectivity index (χ4n) is 7.59. The van der Waals surface area contributed by atoms with Gasteiger partial charge in [0.1, 0.15) is 5.82 Å². The first-order valence-corrected chi connectivity index (χ1v) is 14.5. The van der Waals surface area contributed by atoms with Gasteiger partial charge in [-0.05, 0) is 60.2 Å². The lowest BCUT2D eigenvalue weighted by atomic mass is 9.48. The van der Waals surface area contributed by atoms with Crippen molar-refractivity contribution >= 4 is 23.4 Å². The van der Waals surface area contributed by atoms with Gasteiger partial charge in [-0.1, -0.05) is 66.2 Å². The summed E-state index contributed by atoms with van der Waals surface area (Å²) in [5.41, 5.74) is 0.831. The van der Waals surface area contributed by atoms with Crippen molar-refractivity contribution in [2.45, 2.75) is 57.0 Å². The normalized spacial score (nSPS) is 32.0. The second-order valence-electron chi connectivity index (χ2n) is 11.7. The molecule has 4 aliphatic rings. The number of hydrogen-bond acceptors (Lipinski definition) is 4. The van der Waals surface area contributed by atoms with Crippen molar-refractivity contribution in [3.05, 3.63) is 106 Å². The van der Waals surface area contributed by atoms with E-state index >= 15 is 0 Å². The van der Waals surface area contributed by atoms with E-state index < -0.39 is 28.9 Å². The van der Waals surface area contributed by atoms with Crippen molar-refractivity contribution in [1.29, 1.82) is 0 Å². The maximum atomic E-state index is 14.5. The lowest BCUT2D eigenvalue weighted by Crippen LogP contribution is -2.70. The van der Waals surface area contributed by atoms with Gasteiger partial charge in [0.2, 0.25) is 11.8 Å². The Labute approximate surface area is 244 Å². The maximum absolute atomic E-state index is 14.5. The smallest absolute Gasteiger partial charge is 0.233 e. The molecule has 2 N–H and O–H groups in total. The minimum absolute atomic E-state index is 0.0460. The lowest BCUT2D eigenvalue weighted by molar-refractivity contribution is -0.168. The third kappa shape index (κ3) is 4.84. The average Bonchev–Trinajstić information content (AvgIpc) is 3.15. The minimum Gasteiger partial charge on any atom is -0.393 e. The Morgan fingerprint density at radius 3 is 2.61 bits per heavy atom. The van der Waals surface area contributed by atoms with E-state index in [0.717, 1.165) is 16.7 Å². The van der Waals surface area contributed by atoms with Gasteiger partial charge in [0, 0.05) is 43.0 Å². The van der Waals surface area contributed by atoms with Gasteiger partial charge in [-0.25, -0.2) is 4.39 Å². The van der Waals surface area contributed by atoms with Gasteiger partial charge in [-0.15, -0.1) is 0 Å². The molecular formula is C33H34ClFN2O4. The monoisotopic (exact) mass is 576 g/mol. The number of benzene rings is 2. The van der Waals surface area contributed by atoms with E-state index in [9.17, 15) is 19.1 Å². The standard InChI is InChI=1S/C33H34ClFN2O4/c1-41-26-16-27(38)29-30-33(23-4-2-3-14-32(29,17-23)18-26,31(40)36-19-21-7-11-25(35)12-8-21)15-13-28(39)37(30)20-22-5-9-24(34)10-6-22/h2-12,14,17,26-27,29-30,38H,13,15-16,18-20H2,1H3,(H,36,40)/t26?,27?,29?,30?,32-,33?/m1/s1. The molecule has 1 spiro atoms. The summed E-state index contributed by atoms with van der Waals surface area (Å²) in [5.74, 6) is -1.02. The number of ether oxygens (including phenoxy) is 1. The number of fused-ring (bicyclic) bond motifs is 3. The van der Waals surface area contributed by atoms with Crippen LogP contribution in [0.1, 0.15) is 36.8 Å². The molecule has 8 heteroatoms. The predicted octanol–water partition coefficient (Wildman–Crippen LogP) is 5.11. The Balaban J connectivity index is 1.47. The van der Waals surface area contributed by atoms with E-state index in [4.69, 9.17) is 16.3 Å². The van der Waals surface area contributed by atoms with Crippen LogP contribution in [0.4, 0.5) is 4.39 Å². The maximum Gasteiger partial charge on any atom is 0.233 e. The van der Waals surface area contributed by atoms with Crippen molar-refractivity contribution in [3.63, 3.8) is 0 Å². The molecule has 1 aliphatic heterocycles. The number of methoxy groups -OCH3 is 1. The SMILES string of the molecule is COC1CC(O)C2C3N(Cc4ccc(Cl)cc4)C(=O)CCC3(C(=O)NCc3ccc(F)cc3)C3=C[C@]2(C=CC=C3)C1. The third-order valence-electron chi connectivity index (χ3n) is 9.46. The van der Waals surface area contributed by atoms with E-state index in [1.165, 1.54) is 12.1 Å². The molecule has 6 atom stereocenters. The van der Waals surface area contributed by atoms with Gasteiger partial charge >= 0.3 is 0 Å². The summed E-state index contributed by atoms with van der Waals surface area (Å²) in [6, 6.07) is 12.8. The highest BCUT2D eigenvalue weighted by Crippen LogP contribution is 2.61. The molecule has 41 heavy (non-hydrogen) atoms. The fraction of sp³-hybridized carbons (Fsp3) is 0.394. The van der Waals surface area contributed by atoms with Gasteiger partial charge in [0.25, 0.3) is 0 Å². The number of nitrogens with zero attached hydrogens (tertiary/aromatic N) is 1. The van der Waals surface area contributed by atoms with Gasteiger partial charge in [0.05, 0.1) is 23.7 Å². The topological polar surface area (TPSA) is 78.9 Å². The molecule has 214 valence electrons. The summed E-state index contributed by atoms with van der Waals surface area (Å²) < 4.78 is 19.3. The molecule has 6 nitrogen and oxygen atoms in total. The molecule has 3 aliphatic carbocycles. The van der Waals surface area contributed by atoms with Crippen LogP contribution in [0.2, 0.25) is 5.02 Å². The molecule has 2 aromatic carbocycles. The first kappa shape index (κ1) is 27.9. The molecule has 2 bridgehead atoms. The number of rotatable bonds is 6. The number of likely N-dealkylation sites (tertiary alicyclic amines) is 1. The third-order valence-corrected chi connectivity index (χ3v) is 9.71. The fourth-order valence-corrected chi connectivity index (χ4v) is 7.72.